The number of benzene rings is 1. The SMILES string of the molecule is CN1CC(C)(c2ccccc2Br)CNC1=O. The van der Waals surface area contributed by atoms with E-state index in [9.17, 15) is 4.79 Å². The van der Waals surface area contributed by atoms with Crippen molar-refractivity contribution < 1.29 is 4.79 Å². The van der Waals surface area contributed by atoms with Crippen LogP contribution in [-0.2, 0) is 5.41 Å². The molecule has 1 saturated heterocycles. The van der Waals surface area contributed by atoms with Gasteiger partial charge in [0.05, 0.1) is 0 Å². The van der Waals surface area contributed by atoms with Crippen LogP contribution in [0, 0.1) is 0 Å². The minimum Gasteiger partial charge on any atom is -0.337 e. The van der Waals surface area contributed by atoms with Gasteiger partial charge >= 0.3 is 6.03 Å². The molecule has 0 bridgehead atoms. The number of carbonyl (C=O) groups is 1. The highest BCUT2D eigenvalue weighted by Gasteiger charge is 2.35. The highest BCUT2D eigenvalue weighted by atomic mass is 79.9. The molecule has 3 nitrogen and oxygen atoms in total. The van der Waals surface area contributed by atoms with Crippen LogP contribution < -0.4 is 5.32 Å². The van der Waals surface area contributed by atoms with Crippen LogP contribution in [0.1, 0.15) is 12.5 Å². The van der Waals surface area contributed by atoms with Crippen LogP contribution in [0.25, 0.3) is 0 Å². The average Bonchev–Trinajstić information content (AvgIpc) is 2.25. The number of halogens is 1. The van der Waals surface area contributed by atoms with E-state index in [2.05, 4.69) is 34.2 Å². The van der Waals surface area contributed by atoms with Gasteiger partial charge in [0.2, 0.25) is 0 Å². The summed E-state index contributed by atoms with van der Waals surface area (Å²) in [5.74, 6) is 0. The summed E-state index contributed by atoms with van der Waals surface area (Å²) < 4.78 is 1.10. The first-order valence-electron chi connectivity index (χ1n) is 5.27. The predicted molar refractivity (Wildman–Crippen MR) is 67.5 cm³/mol. The van der Waals surface area contributed by atoms with Crippen molar-refractivity contribution in [2.75, 3.05) is 20.1 Å². The standard InChI is InChI=1S/C12H15BrN2O/c1-12(7-14-11(16)15(2)8-12)9-5-3-4-6-10(9)13/h3-6H,7-8H2,1-2H3,(H,14,16). The molecular formula is C12H15BrN2O. The van der Waals surface area contributed by atoms with Gasteiger partial charge in [-0.3, -0.25) is 0 Å². The van der Waals surface area contributed by atoms with Crippen molar-refractivity contribution in [1.29, 1.82) is 0 Å². The summed E-state index contributed by atoms with van der Waals surface area (Å²) >= 11 is 3.57. The number of likely N-dealkylation sites (N-methyl/N-ethyl adjacent to an activating group) is 1. The Morgan fingerprint density at radius 3 is 2.75 bits per heavy atom. The Hall–Kier alpha value is -1.03. The maximum atomic E-state index is 11.4. The van der Waals surface area contributed by atoms with Gasteiger partial charge in [-0.25, -0.2) is 4.79 Å². The smallest absolute Gasteiger partial charge is 0.317 e. The Bertz CT molecular complexity index is 421. The number of nitrogens with one attached hydrogen (secondary N) is 1. The Morgan fingerprint density at radius 1 is 1.44 bits per heavy atom. The predicted octanol–water partition coefficient (Wildman–Crippen LogP) is 2.36. The molecule has 1 fully saturated rings. The maximum Gasteiger partial charge on any atom is 0.317 e. The van der Waals surface area contributed by atoms with Crippen LogP contribution in [0.2, 0.25) is 0 Å². The van der Waals surface area contributed by atoms with Crippen LogP contribution in [0.15, 0.2) is 28.7 Å². The third kappa shape index (κ3) is 1.94. The fourth-order valence-corrected chi connectivity index (χ4v) is 2.95. The first-order valence-corrected chi connectivity index (χ1v) is 6.06. The Balaban J connectivity index is 2.33. The van der Waals surface area contributed by atoms with Gasteiger partial charge in [0.25, 0.3) is 0 Å². The van der Waals surface area contributed by atoms with Crippen molar-refractivity contribution in [1.82, 2.24) is 10.2 Å². The molecule has 1 heterocycles. The lowest BCUT2D eigenvalue weighted by Crippen LogP contribution is -2.56. The fourth-order valence-electron chi connectivity index (χ4n) is 2.19. The van der Waals surface area contributed by atoms with Gasteiger partial charge in [-0.1, -0.05) is 41.1 Å². The molecule has 86 valence electrons. The maximum absolute atomic E-state index is 11.4. The zero-order valence-electron chi connectivity index (χ0n) is 9.46. The fraction of sp³-hybridized carbons (Fsp3) is 0.417. The zero-order chi connectivity index (χ0) is 11.8. The van der Waals surface area contributed by atoms with Gasteiger partial charge in [-0.2, -0.15) is 0 Å². The summed E-state index contributed by atoms with van der Waals surface area (Å²) in [7, 11) is 1.82. The highest BCUT2D eigenvalue weighted by Crippen LogP contribution is 2.32. The number of hydrogen-bond donors (Lipinski definition) is 1. The zero-order valence-corrected chi connectivity index (χ0v) is 11.0. The lowest BCUT2D eigenvalue weighted by atomic mass is 9.81. The van der Waals surface area contributed by atoms with Crippen LogP contribution in [0.3, 0.4) is 0 Å². The van der Waals surface area contributed by atoms with E-state index in [1.54, 1.807) is 4.90 Å². The lowest BCUT2D eigenvalue weighted by Gasteiger charge is -2.39. The molecule has 0 aromatic heterocycles. The Kier molecular flexibility index (Phi) is 2.93. The van der Waals surface area contributed by atoms with Crippen LogP contribution >= 0.6 is 15.9 Å². The van der Waals surface area contributed by atoms with Crippen molar-refractivity contribution in [3.05, 3.63) is 34.3 Å². The summed E-state index contributed by atoms with van der Waals surface area (Å²) in [6, 6.07) is 8.18. The molecule has 4 heteroatoms. The summed E-state index contributed by atoms with van der Waals surface area (Å²) in [5.41, 5.74) is 1.20. The van der Waals surface area contributed by atoms with Gasteiger partial charge in [-0.05, 0) is 11.6 Å². The van der Waals surface area contributed by atoms with Crippen LogP contribution in [-0.4, -0.2) is 31.1 Å². The molecule has 0 radical (unpaired) electrons. The summed E-state index contributed by atoms with van der Waals surface area (Å²) in [5, 5.41) is 2.91. The molecule has 1 aliphatic rings. The van der Waals surface area contributed by atoms with E-state index in [0.717, 1.165) is 11.0 Å². The molecule has 0 spiro atoms. The van der Waals surface area contributed by atoms with Gasteiger partial charge in [0.1, 0.15) is 0 Å². The van der Waals surface area contributed by atoms with Crippen molar-refractivity contribution in [3.8, 4) is 0 Å². The first kappa shape index (κ1) is 11.5. The molecule has 1 aromatic rings. The van der Waals surface area contributed by atoms with E-state index in [1.807, 2.05) is 25.2 Å². The van der Waals surface area contributed by atoms with Gasteiger partial charge in [0, 0.05) is 30.0 Å². The first-order chi connectivity index (χ1) is 7.53. The second-order valence-corrected chi connectivity index (χ2v) is 5.41. The molecule has 0 saturated carbocycles. The molecule has 16 heavy (non-hydrogen) atoms. The normalized spacial score (nSPS) is 25.4. The molecule has 2 amide bonds. The third-order valence-electron chi connectivity index (χ3n) is 3.09. The highest BCUT2D eigenvalue weighted by molar-refractivity contribution is 9.10. The van der Waals surface area contributed by atoms with E-state index < -0.39 is 0 Å². The molecule has 1 atom stereocenters. The van der Waals surface area contributed by atoms with Gasteiger partial charge in [0.15, 0.2) is 0 Å². The number of urea groups is 1. The number of hydrogen-bond acceptors (Lipinski definition) is 1. The van der Waals surface area contributed by atoms with E-state index in [0.29, 0.717) is 6.54 Å². The second-order valence-electron chi connectivity index (χ2n) is 4.56. The molecular weight excluding hydrogens is 268 g/mol. The monoisotopic (exact) mass is 282 g/mol. The Morgan fingerprint density at radius 2 is 2.12 bits per heavy atom. The van der Waals surface area contributed by atoms with Crippen LogP contribution in [0.5, 0.6) is 0 Å². The number of rotatable bonds is 1. The number of amides is 2. The molecule has 1 unspecified atom stereocenters. The summed E-state index contributed by atoms with van der Waals surface area (Å²) in [6.45, 7) is 3.59. The van der Waals surface area contributed by atoms with Crippen molar-refractivity contribution in [3.63, 3.8) is 0 Å². The van der Waals surface area contributed by atoms with Crippen molar-refractivity contribution in [2.24, 2.45) is 0 Å². The molecule has 2 rings (SSSR count). The minimum atomic E-state index is -0.0389. The molecule has 1 aliphatic heterocycles. The van der Waals surface area contributed by atoms with Crippen LogP contribution in [0.4, 0.5) is 4.79 Å². The van der Waals surface area contributed by atoms with Crippen molar-refractivity contribution in [2.45, 2.75) is 12.3 Å². The Labute approximate surface area is 104 Å². The number of carbonyl (C=O) groups excluding carboxylic acids is 1. The molecule has 1 N–H and O–H groups in total. The lowest BCUT2D eigenvalue weighted by molar-refractivity contribution is 0.174. The van der Waals surface area contributed by atoms with Crippen molar-refractivity contribution >= 4 is 22.0 Å². The third-order valence-corrected chi connectivity index (χ3v) is 3.78. The minimum absolute atomic E-state index is 0.00419. The average molecular weight is 283 g/mol. The largest absolute Gasteiger partial charge is 0.337 e. The van der Waals surface area contributed by atoms with E-state index in [4.69, 9.17) is 0 Å². The topological polar surface area (TPSA) is 32.3 Å². The molecule has 1 aromatic carbocycles. The quantitative estimate of drug-likeness (QED) is 0.843. The summed E-state index contributed by atoms with van der Waals surface area (Å²) in [6.07, 6.45) is 0. The van der Waals surface area contributed by atoms with E-state index in [-0.39, 0.29) is 11.4 Å². The van der Waals surface area contributed by atoms with E-state index >= 15 is 0 Å². The van der Waals surface area contributed by atoms with Gasteiger partial charge < -0.3 is 10.2 Å². The second kappa shape index (κ2) is 4.09. The van der Waals surface area contributed by atoms with Gasteiger partial charge in [-0.15, -0.1) is 0 Å². The molecule has 0 aliphatic carbocycles. The van der Waals surface area contributed by atoms with E-state index in [1.165, 1.54) is 5.56 Å². The summed E-state index contributed by atoms with van der Waals surface area (Å²) in [4.78, 5) is 13.1. The number of nitrogens with zero attached hydrogens (tertiary/aromatic N) is 1.